The van der Waals surface area contributed by atoms with Gasteiger partial charge < -0.3 is 15.0 Å². The molecule has 1 saturated heterocycles. The lowest BCUT2D eigenvalue weighted by Crippen LogP contribution is -2.46. The second-order valence-corrected chi connectivity index (χ2v) is 6.98. The molecule has 1 N–H and O–H groups in total. The van der Waals surface area contributed by atoms with E-state index in [0.717, 1.165) is 6.54 Å². The minimum atomic E-state index is 0.471. The fourth-order valence-corrected chi connectivity index (χ4v) is 3.72. The molecule has 0 aromatic carbocycles. The highest BCUT2D eigenvalue weighted by molar-refractivity contribution is 4.90. The standard InChI is InChI=1S/C16H32N2O/c1-14(2)17-12-16(8-5-4-6-9-16)13-18-10-7-15(11-18)19-3/h14-15,17H,4-13H2,1-3H3. The molecule has 2 rings (SSSR count). The maximum absolute atomic E-state index is 5.50. The minimum absolute atomic E-state index is 0.471. The summed E-state index contributed by atoms with van der Waals surface area (Å²) in [6.07, 6.45) is 8.76. The van der Waals surface area contributed by atoms with Crippen molar-refractivity contribution in [2.24, 2.45) is 5.41 Å². The third-order valence-corrected chi connectivity index (χ3v) is 4.92. The van der Waals surface area contributed by atoms with Crippen LogP contribution in [0.1, 0.15) is 52.4 Å². The van der Waals surface area contributed by atoms with E-state index in [1.54, 1.807) is 0 Å². The van der Waals surface area contributed by atoms with Gasteiger partial charge in [0.05, 0.1) is 6.10 Å². The molecular weight excluding hydrogens is 236 g/mol. The SMILES string of the molecule is COC1CCN(CC2(CNC(C)C)CCCCC2)C1. The van der Waals surface area contributed by atoms with Gasteiger partial charge in [-0.3, -0.25) is 0 Å². The van der Waals surface area contributed by atoms with E-state index in [2.05, 4.69) is 24.1 Å². The first kappa shape index (κ1) is 15.3. The molecule has 1 heterocycles. The minimum Gasteiger partial charge on any atom is -0.380 e. The van der Waals surface area contributed by atoms with Crippen molar-refractivity contribution in [1.82, 2.24) is 10.2 Å². The van der Waals surface area contributed by atoms with Gasteiger partial charge in [-0.1, -0.05) is 33.1 Å². The van der Waals surface area contributed by atoms with Crippen LogP contribution < -0.4 is 5.32 Å². The maximum Gasteiger partial charge on any atom is 0.0710 e. The fraction of sp³-hybridized carbons (Fsp3) is 1.00. The van der Waals surface area contributed by atoms with Crippen LogP contribution in [0.4, 0.5) is 0 Å². The van der Waals surface area contributed by atoms with E-state index in [1.807, 2.05) is 7.11 Å². The van der Waals surface area contributed by atoms with E-state index in [4.69, 9.17) is 4.74 Å². The van der Waals surface area contributed by atoms with Crippen molar-refractivity contribution in [2.45, 2.75) is 64.5 Å². The Morgan fingerprint density at radius 1 is 1.26 bits per heavy atom. The Morgan fingerprint density at radius 2 is 2.00 bits per heavy atom. The molecule has 1 saturated carbocycles. The molecule has 3 nitrogen and oxygen atoms in total. The van der Waals surface area contributed by atoms with Crippen molar-refractivity contribution < 1.29 is 4.74 Å². The molecule has 0 radical (unpaired) electrons. The molecule has 0 amide bonds. The van der Waals surface area contributed by atoms with E-state index in [9.17, 15) is 0 Å². The summed E-state index contributed by atoms with van der Waals surface area (Å²) >= 11 is 0. The van der Waals surface area contributed by atoms with E-state index >= 15 is 0 Å². The molecule has 3 heteroatoms. The van der Waals surface area contributed by atoms with Crippen LogP contribution in [0, 0.1) is 5.41 Å². The van der Waals surface area contributed by atoms with Crippen molar-refractivity contribution in [3.8, 4) is 0 Å². The Labute approximate surface area is 119 Å². The molecule has 0 aromatic heterocycles. The zero-order valence-electron chi connectivity index (χ0n) is 13.1. The average Bonchev–Trinajstić information content (AvgIpc) is 2.85. The number of rotatable bonds is 6. The van der Waals surface area contributed by atoms with Gasteiger partial charge in [0.25, 0.3) is 0 Å². The van der Waals surface area contributed by atoms with Gasteiger partial charge in [-0.25, -0.2) is 0 Å². The van der Waals surface area contributed by atoms with E-state index in [0.29, 0.717) is 17.6 Å². The van der Waals surface area contributed by atoms with Crippen LogP contribution >= 0.6 is 0 Å². The van der Waals surface area contributed by atoms with Gasteiger partial charge >= 0.3 is 0 Å². The highest BCUT2D eigenvalue weighted by Gasteiger charge is 2.35. The van der Waals surface area contributed by atoms with Gasteiger partial charge in [-0.15, -0.1) is 0 Å². The molecule has 0 spiro atoms. The predicted molar refractivity (Wildman–Crippen MR) is 80.5 cm³/mol. The topological polar surface area (TPSA) is 24.5 Å². The zero-order chi connectivity index (χ0) is 13.7. The predicted octanol–water partition coefficient (Wildman–Crippen LogP) is 2.66. The number of hydrogen-bond acceptors (Lipinski definition) is 3. The lowest BCUT2D eigenvalue weighted by Gasteiger charge is -2.41. The van der Waals surface area contributed by atoms with E-state index in [1.165, 1.54) is 58.2 Å². The van der Waals surface area contributed by atoms with Gasteiger partial charge in [0.15, 0.2) is 0 Å². The summed E-state index contributed by atoms with van der Waals surface area (Å²) in [5.41, 5.74) is 0.519. The Kier molecular flexibility index (Phi) is 5.67. The molecule has 2 aliphatic rings. The maximum atomic E-state index is 5.50. The van der Waals surface area contributed by atoms with Crippen molar-refractivity contribution >= 4 is 0 Å². The Balaban J connectivity index is 1.89. The van der Waals surface area contributed by atoms with Gasteiger partial charge in [-0.2, -0.15) is 0 Å². The second kappa shape index (κ2) is 7.05. The van der Waals surface area contributed by atoms with Crippen LogP contribution in [-0.4, -0.2) is 50.3 Å². The van der Waals surface area contributed by atoms with Crippen LogP contribution in [0.25, 0.3) is 0 Å². The average molecular weight is 268 g/mol. The number of methoxy groups -OCH3 is 1. The highest BCUT2D eigenvalue weighted by Crippen LogP contribution is 2.37. The third-order valence-electron chi connectivity index (χ3n) is 4.92. The Hall–Kier alpha value is -0.120. The molecule has 19 heavy (non-hydrogen) atoms. The molecule has 1 unspecified atom stereocenters. The monoisotopic (exact) mass is 268 g/mol. The smallest absolute Gasteiger partial charge is 0.0710 e. The van der Waals surface area contributed by atoms with Gasteiger partial charge in [0.1, 0.15) is 0 Å². The van der Waals surface area contributed by atoms with Crippen LogP contribution in [0.5, 0.6) is 0 Å². The summed E-state index contributed by atoms with van der Waals surface area (Å²) in [5, 5.41) is 3.70. The van der Waals surface area contributed by atoms with Crippen molar-refractivity contribution in [3.63, 3.8) is 0 Å². The number of hydrogen-bond donors (Lipinski definition) is 1. The summed E-state index contributed by atoms with van der Waals surface area (Å²) in [4.78, 5) is 2.64. The lowest BCUT2D eigenvalue weighted by molar-refractivity contribution is 0.0826. The normalized spacial score (nSPS) is 28.1. The number of ether oxygens (including phenoxy) is 1. The zero-order valence-corrected chi connectivity index (χ0v) is 13.1. The van der Waals surface area contributed by atoms with Gasteiger partial charge in [-0.05, 0) is 24.7 Å². The van der Waals surface area contributed by atoms with Gasteiger partial charge in [0.2, 0.25) is 0 Å². The summed E-state index contributed by atoms with van der Waals surface area (Å²) in [6.45, 7) is 9.34. The summed E-state index contributed by atoms with van der Waals surface area (Å²) in [7, 11) is 1.85. The van der Waals surface area contributed by atoms with Crippen molar-refractivity contribution in [3.05, 3.63) is 0 Å². The number of likely N-dealkylation sites (tertiary alicyclic amines) is 1. The Bertz CT molecular complexity index is 261. The summed E-state index contributed by atoms with van der Waals surface area (Å²) in [5.74, 6) is 0. The van der Waals surface area contributed by atoms with Crippen LogP contribution in [-0.2, 0) is 4.74 Å². The van der Waals surface area contributed by atoms with E-state index < -0.39 is 0 Å². The largest absolute Gasteiger partial charge is 0.380 e. The molecule has 0 bridgehead atoms. The number of nitrogens with zero attached hydrogens (tertiary/aromatic N) is 1. The van der Waals surface area contributed by atoms with Crippen LogP contribution in [0.15, 0.2) is 0 Å². The first-order chi connectivity index (χ1) is 9.13. The fourth-order valence-electron chi connectivity index (χ4n) is 3.72. The summed E-state index contributed by atoms with van der Waals surface area (Å²) < 4.78 is 5.50. The van der Waals surface area contributed by atoms with Gasteiger partial charge in [0, 0.05) is 39.3 Å². The molecule has 0 aromatic rings. The molecular formula is C16H32N2O. The lowest BCUT2D eigenvalue weighted by atomic mass is 9.73. The molecule has 112 valence electrons. The van der Waals surface area contributed by atoms with Crippen molar-refractivity contribution in [1.29, 1.82) is 0 Å². The molecule has 1 aliphatic heterocycles. The Morgan fingerprint density at radius 3 is 2.58 bits per heavy atom. The van der Waals surface area contributed by atoms with Crippen LogP contribution in [0.3, 0.4) is 0 Å². The first-order valence-electron chi connectivity index (χ1n) is 8.12. The second-order valence-electron chi connectivity index (χ2n) is 6.98. The molecule has 1 atom stereocenters. The van der Waals surface area contributed by atoms with Crippen LogP contribution in [0.2, 0.25) is 0 Å². The first-order valence-corrected chi connectivity index (χ1v) is 8.12. The van der Waals surface area contributed by atoms with Crippen molar-refractivity contribution in [2.75, 3.05) is 33.3 Å². The summed E-state index contributed by atoms with van der Waals surface area (Å²) in [6, 6.07) is 0.601. The number of nitrogens with one attached hydrogen (secondary N) is 1. The molecule has 1 aliphatic carbocycles. The highest BCUT2D eigenvalue weighted by atomic mass is 16.5. The third kappa shape index (κ3) is 4.44. The molecule has 2 fully saturated rings. The van der Waals surface area contributed by atoms with E-state index in [-0.39, 0.29) is 0 Å². The quantitative estimate of drug-likeness (QED) is 0.801.